The van der Waals surface area contributed by atoms with E-state index in [0.717, 1.165) is 31.6 Å². The van der Waals surface area contributed by atoms with Gasteiger partial charge in [0.2, 0.25) is 0 Å². The van der Waals surface area contributed by atoms with Gasteiger partial charge in [0, 0.05) is 36.9 Å². The molecule has 2 aromatic heterocycles. The molecule has 4 rings (SSSR count). The molecule has 9 heteroatoms. The average Bonchev–Trinajstić information content (AvgIpc) is 3.14. The number of imidazole rings is 1. The number of alkyl halides is 3. The van der Waals surface area contributed by atoms with Gasteiger partial charge in [0.15, 0.2) is 0 Å². The fraction of sp³-hybridized carbons (Fsp3) is 0.381. The highest BCUT2D eigenvalue weighted by atomic mass is 19.4. The molecule has 0 amide bonds. The number of carboxylic acids is 1. The number of rotatable bonds is 5. The Morgan fingerprint density at radius 3 is 2.70 bits per heavy atom. The van der Waals surface area contributed by atoms with Crippen LogP contribution in [0.2, 0.25) is 0 Å². The molecule has 0 radical (unpaired) electrons. The maximum atomic E-state index is 10.6. The molecule has 0 fully saturated rings. The summed E-state index contributed by atoms with van der Waals surface area (Å²) in [4.78, 5) is 17.9. The van der Waals surface area contributed by atoms with Crippen LogP contribution < -0.4 is 5.32 Å². The van der Waals surface area contributed by atoms with E-state index in [9.17, 15) is 13.2 Å². The molecule has 0 saturated heterocycles. The van der Waals surface area contributed by atoms with Gasteiger partial charge in [0.25, 0.3) is 0 Å². The summed E-state index contributed by atoms with van der Waals surface area (Å²) < 4.78 is 34.1. The average molecular weight is 420 g/mol. The highest BCUT2D eigenvalue weighted by Crippen LogP contribution is 2.19. The van der Waals surface area contributed by atoms with Crippen molar-refractivity contribution >= 4 is 16.9 Å². The van der Waals surface area contributed by atoms with Crippen molar-refractivity contribution in [3.05, 3.63) is 59.8 Å². The molecule has 0 spiro atoms. The molecule has 3 aromatic rings. The molecule has 30 heavy (non-hydrogen) atoms. The van der Waals surface area contributed by atoms with Gasteiger partial charge < -0.3 is 15.0 Å². The topological polar surface area (TPSA) is 80.0 Å². The number of carbonyl (C=O) groups is 1. The highest BCUT2D eigenvalue weighted by molar-refractivity contribution is 5.78. The first-order valence-corrected chi connectivity index (χ1v) is 9.72. The number of hydrogen-bond acceptors (Lipinski definition) is 4. The SMILES string of the molecule is O=C(O)C(F)(F)F.c1cnc2cc(CNCCn3cnc4c3CCCC4)ccc2c1. The van der Waals surface area contributed by atoms with Gasteiger partial charge in [0.05, 0.1) is 17.5 Å². The van der Waals surface area contributed by atoms with Crippen LogP contribution in [0.25, 0.3) is 10.9 Å². The van der Waals surface area contributed by atoms with Crippen LogP contribution in [0, 0.1) is 0 Å². The summed E-state index contributed by atoms with van der Waals surface area (Å²) in [6.07, 6.45) is 3.71. The second-order valence-electron chi connectivity index (χ2n) is 7.05. The van der Waals surface area contributed by atoms with Crippen LogP contribution in [0.4, 0.5) is 13.2 Å². The number of pyridine rings is 1. The van der Waals surface area contributed by atoms with Crippen molar-refractivity contribution in [3.8, 4) is 0 Å². The molecule has 1 aromatic carbocycles. The Labute approximate surface area is 171 Å². The van der Waals surface area contributed by atoms with Gasteiger partial charge in [0.1, 0.15) is 0 Å². The number of hydrogen-bond donors (Lipinski definition) is 2. The standard InChI is InChI=1S/C19H22N4.C2HF3O2/c1-2-6-19-17(5-1)22-14-23(19)11-10-20-13-15-7-8-16-4-3-9-21-18(16)12-15;3-2(4,5)1(6)7/h3-4,7-9,12,14,20H,1-2,5-6,10-11,13H2;(H,6,7). The Hall–Kier alpha value is -2.94. The van der Waals surface area contributed by atoms with Gasteiger partial charge in [-0.2, -0.15) is 13.2 Å². The largest absolute Gasteiger partial charge is 0.490 e. The van der Waals surface area contributed by atoms with Crippen LogP contribution in [0.3, 0.4) is 0 Å². The second-order valence-corrected chi connectivity index (χ2v) is 7.05. The number of fused-ring (bicyclic) bond motifs is 2. The molecule has 6 nitrogen and oxygen atoms in total. The van der Waals surface area contributed by atoms with Crippen molar-refractivity contribution in [1.29, 1.82) is 0 Å². The molecule has 2 N–H and O–H groups in total. The van der Waals surface area contributed by atoms with Crippen molar-refractivity contribution in [2.24, 2.45) is 0 Å². The van der Waals surface area contributed by atoms with Gasteiger partial charge in [-0.1, -0.05) is 18.2 Å². The van der Waals surface area contributed by atoms with E-state index in [4.69, 9.17) is 9.90 Å². The number of aliphatic carboxylic acids is 1. The van der Waals surface area contributed by atoms with E-state index in [1.807, 2.05) is 18.6 Å². The van der Waals surface area contributed by atoms with Crippen LogP contribution in [0.1, 0.15) is 29.8 Å². The highest BCUT2D eigenvalue weighted by Gasteiger charge is 2.38. The molecule has 1 aliphatic rings. The zero-order valence-electron chi connectivity index (χ0n) is 16.3. The summed E-state index contributed by atoms with van der Waals surface area (Å²) in [5.74, 6) is -2.76. The Bertz CT molecular complexity index is 1000. The van der Waals surface area contributed by atoms with Crippen molar-refractivity contribution in [2.45, 2.75) is 44.9 Å². The van der Waals surface area contributed by atoms with Gasteiger partial charge >= 0.3 is 12.1 Å². The van der Waals surface area contributed by atoms with E-state index >= 15 is 0 Å². The first kappa shape index (κ1) is 21.8. The monoisotopic (exact) mass is 420 g/mol. The quantitative estimate of drug-likeness (QED) is 0.615. The Kier molecular flexibility index (Phi) is 7.04. The number of nitrogens with zero attached hydrogens (tertiary/aromatic N) is 3. The van der Waals surface area contributed by atoms with Crippen LogP contribution in [0.5, 0.6) is 0 Å². The summed E-state index contributed by atoms with van der Waals surface area (Å²) >= 11 is 0. The van der Waals surface area contributed by atoms with Gasteiger partial charge in [-0.3, -0.25) is 4.98 Å². The van der Waals surface area contributed by atoms with E-state index in [2.05, 4.69) is 44.1 Å². The lowest BCUT2D eigenvalue weighted by molar-refractivity contribution is -0.192. The molecule has 0 saturated carbocycles. The zero-order valence-corrected chi connectivity index (χ0v) is 16.3. The number of aromatic nitrogens is 3. The van der Waals surface area contributed by atoms with Gasteiger partial charge in [-0.25, -0.2) is 9.78 Å². The minimum absolute atomic E-state index is 0.878. The van der Waals surface area contributed by atoms with Crippen LogP contribution in [-0.4, -0.2) is 38.3 Å². The third-order valence-corrected chi connectivity index (χ3v) is 4.88. The summed E-state index contributed by atoms with van der Waals surface area (Å²) in [7, 11) is 0. The lowest BCUT2D eigenvalue weighted by Gasteiger charge is -2.14. The molecule has 160 valence electrons. The molecule has 1 aliphatic carbocycles. The number of halogens is 3. The Morgan fingerprint density at radius 1 is 1.17 bits per heavy atom. The first-order chi connectivity index (χ1) is 14.3. The zero-order chi connectivity index (χ0) is 21.6. The predicted octanol–water partition coefficient (Wildman–Crippen LogP) is 3.73. The van der Waals surface area contributed by atoms with Crippen molar-refractivity contribution in [3.63, 3.8) is 0 Å². The second kappa shape index (κ2) is 9.71. The summed E-state index contributed by atoms with van der Waals surface area (Å²) in [6.45, 7) is 2.83. The summed E-state index contributed by atoms with van der Waals surface area (Å²) in [5, 5.41) is 11.9. The van der Waals surface area contributed by atoms with Crippen molar-refractivity contribution in [1.82, 2.24) is 19.9 Å². The molecule has 0 aliphatic heterocycles. The summed E-state index contributed by atoms with van der Waals surface area (Å²) in [5.41, 5.74) is 5.11. The van der Waals surface area contributed by atoms with Crippen LogP contribution >= 0.6 is 0 Å². The molecular formula is C21H23F3N4O2. The minimum Gasteiger partial charge on any atom is -0.475 e. The lowest BCUT2D eigenvalue weighted by Crippen LogP contribution is -2.21. The summed E-state index contributed by atoms with van der Waals surface area (Å²) in [6, 6.07) is 10.6. The Balaban J connectivity index is 0.000000318. The smallest absolute Gasteiger partial charge is 0.475 e. The molecule has 2 heterocycles. The Morgan fingerprint density at radius 2 is 1.93 bits per heavy atom. The van der Waals surface area contributed by atoms with E-state index in [1.54, 1.807) is 0 Å². The fourth-order valence-electron chi connectivity index (χ4n) is 3.38. The number of carboxylic acid groups (broad SMARTS) is 1. The lowest BCUT2D eigenvalue weighted by atomic mass is 10.0. The van der Waals surface area contributed by atoms with Crippen LogP contribution in [0.15, 0.2) is 42.9 Å². The van der Waals surface area contributed by atoms with E-state index in [1.165, 1.54) is 41.6 Å². The van der Waals surface area contributed by atoms with Crippen molar-refractivity contribution < 1.29 is 23.1 Å². The maximum Gasteiger partial charge on any atom is 0.490 e. The minimum atomic E-state index is -5.08. The molecule has 0 bridgehead atoms. The van der Waals surface area contributed by atoms with E-state index in [-0.39, 0.29) is 0 Å². The van der Waals surface area contributed by atoms with E-state index in [0.29, 0.717) is 0 Å². The third-order valence-electron chi connectivity index (χ3n) is 4.88. The first-order valence-electron chi connectivity index (χ1n) is 9.72. The van der Waals surface area contributed by atoms with Gasteiger partial charge in [-0.05, 0) is 43.4 Å². The van der Waals surface area contributed by atoms with E-state index < -0.39 is 12.1 Å². The van der Waals surface area contributed by atoms with Crippen LogP contribution in [-0.2, 0) is 30.7 Å². The normalized spacial score (nSPS) is 13.4. The predicted molar refractivity (Wildman–Crippen MR) is 106 cm³/mol. The maximum absolute atomic E-state index is 10.6. The molecule has 0 unspecified atom stereocenters. The van der Waals surface area contributed by atoms with Gasteiger partial charge in [-0.15, -0.1) is 0 Å². The number of aryl methyl sites for hydroxylation is 1. The number of benzene rings is 1. The molecular weight excluding hydrogens is 397 g/mol. The third kappa shape index (κ3) is 5.79. The fourth-order valence-corrected chi connectivity index (χ4v) is 3.38. The molecule has 0 atom stereocenters. The van der Waals surface area contributed by atoms with Crippen molar-refractivity contribution in [2.75, 3.05) is 6.54 Å². The number of nitrogens with one attached hydrogen (secondary N) is 1.